The van der Waals surface area contributed by atoms with Crippen molar-refractivity contribution in [2.24, 2.45) is 0 Å². The molecule has 0 aromatic heterocycles. The van der Waals surface area contributed by atoms with Crippen molar-refractivity contribution in [1.29, 1.82) is 0 Å². The predicted molar refractivity (Wildman–Crippen MR) is 214 cm³/mol. The summed E-state index contributed by atoms with van der Waals surface area (Å²) in [4.78, 5) is 24.2. The fourth-order valence-corrected chi connectivity index (χ4v) is 4.82. The summed E-state index contributed by atoms with van der Waals surface area (Å²) in [5.74, 6) is -0.703. The van der Waals surface area contributed by atoms with Crippen LogP contribution in [0, 0.1) is 0 Å². The fourth-order valence-electron chi connectivity index (χ4n) is 4.82. The van der Waals surface area contributed by atoms with Gasteiger partial charge in [0.15, 0.2) is 6.10 Å². The second-order valence-electron chi connectivity index (χ2n) is 12.6. The van der Waals surface area contributed by atoms with Gasteiger partial charge in [-0.1, -0.05) is 143 Å². The van der Waals surface area contributed by atoms with Crippen molar-refractivity contribution in [3.05, 3.63) is 97.2 Å². The lowest BCUT2D eigenvalue weighted by molar-refractivity contribution is -0.161. The van der Waals surface area contributed by atoms with E-state index in [1.54, 1.807) is 0 Å². The standard InChI is InChI=1S/C45H72O5/c1-3-5-7-9-11-13-15-17-19-21-22-24-26-28-30-32-34-36-38-40-45(48)50-43(41-46)42-49-44(47)39-37-35-33-31-29-27-25-23-20-18-16-14-12-10-8-6-4-2/h11-14,17-20,22,24-25,27-28,30-31,33,43,46H,3-10,15-16,21,23,26,29,32,34-42H2,1-2H3. The van der Waals surface area contributed by atoms with Gasteiger partial charge in [-0.05, 0) is 96.3 Å². The minimum atomic E-state index is -0.816. The minimum absolute atomic E-state index is 0.114. The first-order chi connectivity index (χ1) is 24.6. The number of carbonyl (C=O) groups is 2. The van der Waals surface area contributed by atoms with Gasteiger partial charge >= 0.3 is 11.9 Å². The normalized spacial score (nSPS) is 13.3. The molecule has 0 aliphatic heterocycles. The molecule has 0 heterocycles. The molecule has 1 unspecified atom stereocenters. The number of hydrogen-bond acceptors (Lipinski definition) is 5. The lowest BCUT2D eigenvalue weighted by Crippen LogP contribution is -2.28. The van der Waals surface area contributed by atoms with Crippen LogP contribution in [0.25, 0.3) is 0 Å². The zero-order valence-corrected chi connectivity index (χ0v) is 31.9. The summed E-state index contributed by atoms with van der Waals surface area (Å²) in [5.41, 5.74) is 0. The maximum absolute atomic E-state index is 12.2. The van der Waals surface area contributed by atoms with Crippen LogP contribution in [0.3, 0.4) is 0 Å². The molecule has 1 N–H and O–H groups in total. The molecule has 1 atom stereocenters. The smallest absolute Gasteiger partial charge is 0.306 e. The zero-order valence-electron chi connectivity index (χ0n) is 31.9. The van der Waals surface area contributed by atoms with E-state index in [9.17, 15) is 14.7 Å². The molecule has 0 bridgehead atoms. The van der Waals surface area contributed by atoms with E-state index in [0.717, 1.165) is 70.6 Å². The van der Waals surface area contributed by atoms with Gasteiger partial charge in [-0.25, -0.2) is 0 Å². The number of unbranched alkanes of at least 4 members (excludes halogenated alkanes) is 10. The van der Waals surface area contributed by atoms with Crippen LogP contribution in [0.4, 0.5) is 0 Å². The monoisotopic (exact) mass is 693 g/mol. The number of rotatable bonds is 34. The number of esters is 2. The second-order valence-corrected chi connectivity index (χ2v) is 12.6. The molecule has 0 aliphatic carbocycles. The maximum Gasteiger partial charge on any atom is 0.306 e. The summed E-state index contributed by atoms with van der Waals surface area (Å²) in [6.45, 7) is 3.98. The fraction of sp³-hybridized carbons (Fsp3) is 0.600. The van der Waals surface area contributed by atoms with Gasteiger partial charge in [0.2, 0.25) is 0 Å². The van der Waals surface area contributed by atoms with E-state index in [0.29, 0.717) is 19.3 Å². The summed E-state index contributed by atoms with van der Waals surface area (Å²) in [7, 11) is 0. The van der Waals surface area contributed by atoms with Crippen LogP contribution in [0.1, 0.15) is 155 Å². The molecule has 0 radical (unpaired) electrons. The van der Waals surface area contributed by atoms with Crippen molar-refractivity contribution in [3.8, 4) is 0 Å². The quantitative estimate of drug-likeness (QED) is 0.0413. The van der Waals surface area contributed by atoms with Gasteiger partial charge in [0, 0.05) is 12.8 Å². The van der Waals surface area contributed by atoms with Gasteiger partial charge in [0.1, 0.15) is 6.61 Å². The molecule has 0 aliphatic rings. The number of ether oxygens (including phenoxy) is 2. The lowest BCUT2D eigenvalue weighted by atomic mass is 10.1. The Balaban J connectivity index is 3.76. The summed E-state index contributed by atoms with van der Waals surface area (Å²) < 4.78 is 10.5. The third kappa shape index (κ3) is 37.6. The Morgan fingerprint density at radius 2 is 0.820 bits per heavy atom. The van der Waals surface area contributed by atoms with Crippen molar-refractivity contribution in [2.45, 2.75) is 161 Å². The van der Waals surface area contributed by atoms with E-state index in [4.69, 9.17) is 9.47 Å². The van der Waals surface area contributed by atoms with Crippen molar-refractivity contribution < 1.29 is 24.2 Å². The molecule has 5 nitrogen and oxygen atoms in total. The molecule has 0 saturated carbocycles. The van der Waals surface area contributed by atoms with Gasteiger partial charge < -0.3 is 14.6 Å². The van der Waals surface area contributed by atoms with Gasteiger partial charge in [-0.2, -0.15) is 0 Å². The zero-order chi connectivity index (χ0) is 36.4. The Bertz CT molecular complexity index is 1010. The SMILES string of the molecule is CCCCCC=CCC=CCC=CCC=CCCCCCC(=O)OC(CO)COC(=O)CCCC=CCC=CCC=CCC=CCCCCC. The molecule has 5 heteroatoms. The van der Waals surface area contributed by atoms with E-state index in [1.807, 2.05) is 0 Å². The van der Waals surface area contributed by atoms with E-state index >= 15 is 0 Å². The summed E-state index contributed by atoms with van der Waals surface area (Å²) in [6, 6.07) is 0. The average Bonchev–Trinajstić information content (AvgIpc) is 3.12. The first kappa shape index (κ1) is 46.8. The largest absolute Gasteiger partial charge is 0.462 e. The lowest BCUT2D eigenvalue weighted by Gasteiger charge is -2.15. The van der Waals surface area contributed by atoms with E-state index < -0.39 is 6.10 Å². The Kier molecular flexibility index (Phi) is 37.7. The third-order valence-electron chi connectivity index (χ3n) is 7.85. The highest BCUT2D eigenvalue weighted by atomic mass is 16.6. The van der Waals surface area contributed by atoms with Crippen LogP contribution in [-0.2, 0) is 19.1 Å². The molecule has 0 amide bonds. The van der Waals surface area contributed by atoms with Crippen LogP contribution in [-0.4, -0.2) is 36.4 Å². The number of hydrogen-bond donors (Lipinski definition) is 1. The van der Waals surface area contributed by atoms with Crippen molar-refractivity contribution in [2.75, 3.05) is 13.2 Å². The van der Waals surface area contributed by atoms with Gasteiger partial charge in [0.05, 0.1) is 6.61 Å². The van der Waals surface area contributed by atoms with Crippen molar-refractivity contribution in [3.63, 3.8) is 0 Å². The summed E-state index contributed by atoms with van der Waals surface area (Å²) in [5, 5.41) is 9.55. The molecule has 50 heavy (non-hydrogen) atoms. The molecule has 0 aromatic rings. The molecular formula is C45H72O5. The third-order valence-corrected chi connectivity index (χ3v) is 7.85. The van der Waals surface area contributed by atoms with Crippen LogP contribution >= 0.6 is 0 Å². The summed E-state index contributed by atoms with van der Waals surface area (Å²) in [6.07, 6.45) is 56.1. The number of allylic oxidation sites excluding steroid dienone is 16. The maximum atomic E-state index is 12.2. The highest BCUT2D eigenvalue weighted by molar-refractivity contribution is 5.70. The van der Waals surface area contributed by atoms with E-state index in [2.05, 4.69) is 111 Å². The molecule has 0 aromatic carbocycles. The first-order valence-corrected chi connectivity index (χ1v) is 19.8. The highest BCUT2D eigenvalue weighted by Gasteiger charge is 2.15. The Hall–Kier alpha value is -3.18. The molecule has 0 spiro atoms. The Morgan fingerprint density at radius 3 is 1.22 bits per heavy atom. The molecule has 282 valence electrons. The second kappa shape index (κ2) is 40.3. The minimum Gasteiger partial charge on any atom is -0.462 e. The highest BCUT2D eigenvalue weighted by Crippen LogP contribution is 2.08. The van der Waals surface area contributed by atoms with Crippen LogP contribution < -0.4 is 0 Å². The van der Waals surface area contributed by atoms with Crippen LogP contribution in [0.5, 0.6) is 0 Å². The topological polar surface area (TPSA) is 72.8 Å². The predicted octanol–water partition coefficient (Wildman–Crippen LogP) is 12.5. The Labute approximate surface area is 307 Å². The van der Waals surface area contributed by atoms with Crippen molar-refractivity contribution in [1.82, 2.24) is 0 Å². The van der Waals surface area contributed by atoms with Gasteiger partial charge in [-0.15, -0.1) is 0 Å². The average molecular weight is 693 g/mol. The van der Waals surface area contributed by atoms with Gasteiger partial charge in [-0.3, -0.25) is 9.59 Å². The molecular weight excluding hydrogens is 620 g/mol. The van der Waals surface area contributed by atoms with E-state index in [1.165, 1.54) is 51.4 Å². The van der Waals surface area contributed by atoms with Crippen molar-refractivity contribution >= 4 is 11.9 Å². The molecule has 0 saturated heterocycles. The van der Waals surface area contributed by atoms with Crippen LogP contribution in [0.15, 0.2) is 97.2 Å². The number of aliphatic hydroxyl groups is 1. The number of aliphatic hydroxyl groups excluding tert-OH is 1. The molecule has 0 rings (SSSR count). The number of carbonyl (C=O) groups excluding carboxylic acids is 2. The first-order valence-electron chi connectivity index (χ1n) is 19.8. The van der Waals surface area contributed by atoms with Gasteiger partial charge in [0.25, 0.3) is 0 Å². The Morgan fingerprint density at radius 1 is 0.460 bits per heavy atom. The molecule has 0 fully saturated rings. The van der Waals surface area contributed by atoms with E-state index in [-0.39, 0.29) is 25.2 Å². The van der Waals surface area contributed by atoms with Crippen LogP contribution in [0.2, 0.25) is 0 Å². The summed E-state index contributed by atoms with van der Waals surface area (Å²) >= 11 is 0.